The Morgan fingerprint density at radius 2 is 1.88 bits per heavy atom. The van der Waals surface area contributed by atoms with Crippen LogP contribution in [0.1, 0.15) is 25.8 Å². The largest absolute Gasteiger partial charge is 0.494 e. The SMILES string of the molecule is CCOCCCOc1ccc(CC(C)N)cc1. The van der Waals surface area contributed by atoms with Gasteiger partial charge in [-0.1, -0.05) is 12.1 Å². The van der Waals surface area contributed by atoms with E-state index in [0.717, 1.165) is 31.8 Å². The van der Waals surface area contributed by atoms with E-state index in [9.17, 15) is 0 Å². The van der Waals surface area contributed by atoms with Crippen molar-refractivity contribution < 1.29 is 9.47 Å². The average Bonchev–Trinajstić information content (AvgIpc) is 2.30. The number of nitrogens with two attached hydrogens (primary N) is 1. The molecular weight excluding hydrogens is 214 g/mol. The van der Waals surface area contributed by atoms with Crippen molar-refractivity contribution in [2.75, 3.05) is 19.8 Å². The molecule has 3 heteroatoms. The van der Waals surface area contributed by atoms with Crippen LogP contribution < -0.4 is 10.5 Å². The molecule has 1 unspecified atom stereocenters. The van der Waals surface area contributed by atoms with Gasteiger partial charge in [0.15, 0.2) is 0 Å². The van der Waals surface area contributed by atoms with Gasteiger partial charge in [0, 0.05) is 25.7 Å². The lowest BCUT2D eigenvalue weighted by Crippen LogP contribution is -2.17. The molecule has 17 heavy (non-hydrogen) atoms. The first-order valence-corrected chi connectivity index (χ1v) is 6.27. The molecule has 0 spiro atoms. The maximum absolute atomic E-state index is 5.74. The van der Waals surface area contributed by atoms with Crippen LogP contribution in [0, 0.1) is 0 Å². The van der Waals surface area contributed by atoms with Crippen LogP contribution in [0.15, 0.2) is 24.3 Å². The van der Waals surface area contributed by atoms with Gasteiger partial charge >= 0.3 is 0 Å². The summed E-state index contributed by atoms with van der Waals surface area (Å²) in [7, 11) is 0. The molecule has 96 valence electrons. The zero-order chi connectivity index (χ0) is 12.5. The smallest absolute Gasteiger partial charge is 0.119 e. The lowest BCUT2D eigenvalue weighted by Gasteiger charge is -2.08. The summed E-state index contributed by atoms with van der Waals surface area (Å²) in [6.45, 7) is 6.24. The number of hydrogen-bond acceptors (Lipinski definition) is 3. The van der Waals surface area contributed by atoms with Crippen molar-refractivity contribution in [1.29, 1.82) is 0 Å². The number of rotatable bonds is 8. The first-order chi connectivity index (χ1) is 8.22. The molecule has 0 saturated heterocycles. The van der Waals surface area contributed by atoms with Gasteiger partial charge < -0.3 is 15.2 Å². The highest BCUT2D eigenvalue weighted by Gasteiger charge is 1.98. The quantitative estimate of drug-likeness (QED) is 0.706. The van der Waals surface area contributed by atoms with E-state index in [1.54, 1.807) is 0 Å². The average molecular weight is 237 g/mol. The van der Waals surface area contributed by atoms with Gasteiger partial charge in [0.1, 0.15) is 5.75 Å². The van der Waals surface area contributed by atoms with Crippen molar-refractivity contribution in [3.63, 3.8) is 0 Å². The Morgan fingerprint density at radius 1 is 1.18 bits per heavy atom. The van der Waals surface area contributed by atoms with Crippen LogP contribution in [-0.4, -0.2) is 25.9 Å². The second-order valence-electron chi connectivity index (χ2n) is 4.22. The van der Waals surface area contributed by atoms with Gasteiger partial charge in [-0.25, -0.2) is 0 Å². The van der Waals surface area contributed by atoms with Crippen LogP contribution in [0.25, 0.3) is 0 Å². The standard InChI is InChI=1S/C14H23NO2/c1-3-16-9-4-10-17-14-7-5-13(6-8-14)11-12(2)15/h5-8,12H,3-4,9-11,15H2,1-2H3. The van der Waals surface area contributed by atoms with Crippen LogP contribution in [0.5, 0.6) is 5.75 Å². The molecule has 1 atom stereocenters. The summed E-state index contributed by atoms with van der Waals surface area (Å²) < 4.78 is 10.8. The fraction of sp³-hybridized carbons (Fsp3) is 0.571. The summed E-state index contributed by atoms with van der Waals surface area (Å²) >= 11 is 0. The van der Waals surface area contributed by atoms with Crippen molar-refractivity contribution in [2.24, 2.45) is 5.73 Å². The van der Waals surface area contributed by atoms with Crippen LogP contribution in [0.4, 0.5) is 0 Å². The van der Waals surface area contributed by atoms with Crippen molar-refractivity contribution in [3.05, 3.63) is 29.8 Å². The van der Waals surface area contributed by atoms with Crippen LogP contribution in [0.2, 0.25) is 0 Å². The Balaban J connectivity index is 2.25. The van der Waals surface area contributed by atoms with Gasteiger partial charge in [-0.05, 0) is 38.0 Å². The topological polar surface area (TPSA) is 44.5 Å². The van der Waals surface area contributed by atoms with Crippen molar-refractivity contribution in [1.82, 2.24) is 0 Å². The Kier molecular flexibility index (Phi) is 6.67. The number of ether oxygens (including phenoxy) is 2. The first kappa shape index (κ1) is 14.0. The van der Waals surface area contributed by atoms with Crippen molar-refractivity contribution in [3.8, 4) is 5.75 Å². The molecule has 0 fully saturated rings. The van der Waals surface area contributed by atoms with Gasteiger partial charge in [0.25, 0.3) is 0 Å². The first-order valence-electron chi connectivity index (χ1n) is 6.27. The summed E-state index contributed by atoms with van der Waals surface area (Å²) in [6, 6.07) is 8.34. The zero-order valence-corrected chi connectivity index (χ0v) is 10.8. The summed E-state index contributed by atoms with van der Waals surface area (Å²) in [5.41, 5.74) is 7.00. The third-order valence-electron chi connectivity index (χ3n) is 2.39. The lowest BCUT2D eigenvalue weighted by molar-refractivity contribution is 0.131. The maximum atomic E-state index is 5.74. The maximum Gasteiger partial charge on any atom is 0.119 e. The minimum Gasteiger partial charge on any atom is -0.494 e. The predicted molar refractivity (Wildman–Crippen MR) is 70.4 cm³/mol. The molecule has 1 aromatic rings. The summed E-state index contributed by atoms with van der Waals surface area (Å²) in [5.74, 6) is 0.912. The van der Waals surface area contributed by atoms with E-state index in [1.165, 1.54) is 5.56 Å². The minimum absolute atomic E-state index is 0.202. The van der Waals surface area contributed by atoms with Gasteiger partial charge in [-0.2, -0.15) is 0 Å². The van der Waals surface area contributed by atoms with Crippen LogP contribution >= 0.6 is 0 Å². The molecule has 0 aromatic heterocycles. The number of benzene rings is 1. The van der Waals surface area contributed by atoms with Crippen molar-refractivity contribution >= 4 is 0 Å². The Hall–Kier alpha value is -1.06. The molecule has 0 amide bonds. The molecule has 0 saturated carbocycles. The van der Waals surface area contributed by atoms with Gasteiger partial charge in [0.05, 0.1) is 6.61 Å². The summed E-state index contributed by atoms with van der Waals surface area (Å²) in [5, 5.41) is 0. The van der Waals surface area contributed by atoms with E-state index in [0.29, 0.717) is 6.61 Å². The van der Waals surface area contributed by atoms with Gasteiger partial charge in [-0.3, -0.25) is 0 Å². The highest BCUT2D eigenvalue weighted by atomic mass is 16.5. The molecule has 2 N–H and O–H groups in total. The summed E-state index contributed by atoms with van der Waals surface area (Å²) in [4.78, 5) is 0. The van der Waals surface area contributed by atoms with Crippen LogP contribution in [0.3, 0.4) is 0 Å². The fourth-order valence-corrected chi connectivity index (χ4v) is 1.59. The Bertz CT molecular complexity index is 296. The van der Waals surface area contributed by atoms with E-state index in [-0.39, 0.29) is 6.04 Å². The third kappa shape index (κ3) is 6.29. The molecule has 0 aliphatic rings. The van der Waals surface area contributed by atoms with E-state index in [4.69, 9.17) is 15.2 Å². The molecule has 1 rings (SSSR count). The molecule has 3 nitrogen and oxygen atoms in total. The van der Waals surface area contributed by atoms with Crippen LogP contribution in [-0.2, 0) is 11.2 Å². The predicted octanol–water partition coefficient (Wildman–Crippen LogP) is 2.38. The van der Waals surface area contributed by atoms with Gasteiger partial charge in [-0.15, -0.1) is 0 Å². The van der Waals surface area contributed by atoms with E-state index >= 15 is 0 Å². The molecule has 0 aliphatic heterocycles. The van der Waals surface area contributed by atoms with E-state index in [2.05, 4.69) is 12.1 Å². The van der Waals surface area contributed by atoms with E-state index < -0.39 is 0 Å². The second-order valence-corrected chi connectivity index (χ2v) is 4.22. The fourth-order valence-electron chi connectivity index (χ4n) is 1.59. The third-order valence-corrected chi connectivity index (χ3v) is 2.39. The molecular formula is C14H23NO2. The van der Waals surface area contributed by atoms with Gasteiger partial charge in [0.2, 0.25) is 0 Å². The molecule has 0 bridgehead atoms. The lowest BCUT2D eigenvalue weighted by atomic mass is 10.1. The monoisotopic (exact) mass is 237 g/mol. The summed E-state index contributed by atoms with van der Waals surface area (Å²) in [6.07, 6.45) is 1.83. The number of hydrogen-bond donors (Lipinski definition) is 1. The molecule has 0 aliphatic carbocycles. The minimum atomic E-state index is 0.202. The Morgan fingerprint density at radius 3 is 2.47 bits per heavy atom. The second kappa shape index (κ2) is 8.09. The highest BCUT2D eigenvalue weighted by molar-refractivity contribution is 5.27. The normalized spacial score (nSPS) is 12.4. The zero-order valence-electron chi connectivity index (χ0n) is 10.8. The molecule has 1 aromatic carbocycles. The Labute approximate surface area is 104 Å². The molecule has 0 heterocycles. The highest BCUT2D eigenvalue weighted by Crippen LogP contribution is 2.13. The molecule has 0 radical (unpaired) electrons. The van der Waals surface area contributed by atoms with E-state index in [1.807, 2.05) is 26.0 Å². The van der Waals surface area contributed by atoms with Crippen molar-refractivity contribution in [2.45, 2.75) is 32.7 Å².